The molecule has 0 saturated heterocycles. The molecule has 0 atom stereocenters. The monoisotopic (exact) mass is 419 g/mol. The molecule has 1 aliphatic heterocycles. The van der Waals surface area contributed by atoms with Crippen LogP contribution >= 0.6 is 0 Å². The first kappa shape index (κ1) is 21.7. The summed E-state index contributed by atoms with van der Waals surface area (Å²) in [7, 11) is 1.51. The SMILES string of the molecule is Cc1ccc(C)c(N2C(=O)c3ccc(C(=O)OCC(=O)N(C)CCC#N)cc3C2=O)c1. The molecule has 0 saturated carbocycles. The Morgan fingerprint density at radius 3 is 2.48 bits per heavy atom. The largest absolute Gasteiger partial charge is 0.452 e. The van der Waals surface area contributed by atoms with E-state index in [0.717, 1.165) is 16.0 Å². The van der Waals surface area contributed by atoms with Gasteiger partial charge in [-0.05, 0) is 49.2 Å². The van der Waals surface area contributed by atoms with E-state index < -0.39 is 30.3 Å². The van der Waals surface area contributed by atoms with Crippen LogP contribution in [-0.4, -0.2) is 48.8 Å². The fourth-order valence-electron chi connectivity index (χ4n) is 3.21. The third-order valence-electron chi connectivity index (χ3n) is 5.04. The van der Waals surface area contributed by atoms with Crippen LogP contribution in [0.25, 0.3) is 0 Å². The van der Waals surface area contributed by atoms with E-state index in [2.05, 4.69) is 0 Å². The van der Waals surface area contributed by atoms with Crippen LogP contribution in [0.3, 0.4) is 0 Å². The van der Waals surface area contributed by atoms with Crippen LogP contribution < -0.4 is 4.90 Å². The minimum Gasteiger partial charge on any atom is -0.452 e. The summed E-state index contributed by atoms with van der Waals surface area (Å²) < 4.78 is 5.04. The predicted octanol–water partition coefficient (Wildman–Crippen LogP) is 2.63. The number of anilines is 1. The number of carbonyl (C=O) groups excluding carboxylic acids is 4. The van der Waals surface area contributed by atoms with Gasteiger partial charge < -0.3 is 9.64 Å². The van der Waals surface area contributed by atoms with Crippen molar-refractivity contribution in [1.82, 2.24) is 4.90 Å². The molecule has 8 nitrogen and oxygen atoms in total. The minimum atomic E-state index is -0.782. The molecular weight excluding hydrogens is 398 g/mol. The molecule has 8 heteroatoms. The first-order valence-electron chi connectivity index (χ1n) is 9.62. The van der Waals surface area contributed by atoms with Gasteiger partial charge in [0.15, 0.2) is 6.61 Å². The van der Waals surface area contributed by atoms with E-state index in [-0.39, 0.29) is 29.7 Å². The van der Waals surface area contributed by atoms with Gasteiger partial charge in [-0.1, -0.05) is 12.1 Å². The minimum absolute atomic E-state index is 0.0650. The van der Waals surface area contributed by atoms with Crippen LogP contribution in [0.5, 0.6) is 0 Å². The number of amides is 3. The zero-order chi connectivity index (χ0) is 22.7. The molecular formula is C23H21N3O5. The van der Waals surface area contributed by atoms with Gasteiger partial charge >= 0.3 is 5.97 Å². The highest BCUT2D eigenvalue weighted by Crippen LogP contribution is 2.31. The zero-order valence-electron chi connectivity index (χ0n) is 17.5. The number of carbonyl (C=O) groups is 4. The molecule has 0 bridgehead atoms. The van der Waals surface area contributed by atoms with Crippen molar-refractivity contribution < 1.29 is 23.9 Å². The van der Waals surface area contributed by atoms with Crippen LogP contribution in [0, 0.1) is 25.2 Å². The molecule has 158 valence electrons. The molecule has 3 rings (SSSR count). The Hall–Kier alpha value is -3.99. The topological polar surface area (TPSA) is 108 Å². The van der Waals surface area contributed by atoms with Crippen LogP contribution in [0.1, 0.15) is 48.6 Å². The number of rotatable bonds is 6. The van der Waals surface area contributed by atoms with Gasteiger partial charge in [0.05, 0.1) is 34.9 Å². The number of aryl methyl sites for hydroxylation is 2. The summed E-state index contributed by atoms with van der Waals surface area (Å²) >= 11 is 0. The zero-order valence-corrected chi connectivity index (χ0v) is 17.5. The van der Waals surface area contributed by atoms with E-state index in [9.17, 15) is 19.2 Å². The summed E-state index contributed by atoms with van der Waals surface area (Å²) in [6, 6.07) is 11.5. The van der Waals surface area contributed by atoms with Crippen molar-refractivity contribution in [1.29, 1.82) is 5.26 Å². The number of hydrogen-bond donors (Lipinski definition) is 0. The third kappa shape index (κ3) is 4.31. The first-order chi connectivity index (χ1) is 14.7. The van der Waals surface area contributed by atoms with Crippen molar-refractivity contribution in [3.8, 4) is 6.07 Å². The second-order valence-corrected chi connectivity index (χ2v) is 7.30. The van der Waals surface area contributed by atoms with E-state index in [1.54, 1.807) is 6.07 Å². The van der Waals surface area contributed by atoms with Crippen LogP contribution in [-0.2, 0) is 9.53 Å². The summed E-state index contributed by atoms with van der Waals surface area (Å²) in [5, 5.41) is 8.57. The van der Waals surface area contributed by atoms with Crippen LogP contribution in [0.2, 0.25) is 0 Å². The lowest BCUT2D eigenvalue weighted by atomic mass is 10.1. The number of likely N-dealkylation sites (N-methyl/N-ethyl adjacent to an activating group) is 1. The quantitative estimate of drug-likeness (QED) is 0.526. The van der Waals surface area contributed by atoms with Crippen molar-refractivity contribution in [2.75, 3.05) is 25.1 Å². The van der Waals surface area contributed by atoms with Gasteiger partial charge in [0.25, 0.3) is 17.7 Å². The highest BCUT2D eigenvalue weighted by molar-refractivity contribution is 6.35. The molecule has 0 unspecified atom stereocenters. The van der Waals surface area contributed by atoms with Crippen molar-refractivity contribution in [3.05, 3.63) is 64.2 Å². The second kappa shape index (κ2) is 8.79. The Bertz CT molecular complexity index is 1130. The maximum atomic E-state index is 13.0. The van der Waals surface area contributed by atoms with Crippen molar-refractivity contribution in [3.63, 3.8) is 0 Å². The van der Waals surface area contributed by atoms with Crippen LogP contribution in [0.15, 0.2) is 36.4 Å². The van der Waals surface area contributed by atoms with E-state index in [1.807, 2.05) is 32.0 Å². The van der Waals surface area contributed by atoms with E-state index in [1.165, 1.54) is 30.1 Å². The Balaban J connectivity index is 1.77. The molecule has 2 aromatic carbocycles. The number of imide groups is 1. The third-order valence-corrected chi connectivity index (χ3v) is 5.04. The lowest BCUT2D eigenvalue weighted by Crippen LogP contribution is -2.32. The van der Waals surface area contributed by atoms with Gasteiger partial charge in [0, 0.05) is 13.6 Å². The van der Waals surface area contributed by atoms with Gasteiger partial charge in [0.1, 0.15) is 0 Å². The van der Waals surface area contributed by atoms with E-state index in [4.69, 9.17) is 10.00 Å². The maximum absolute atomic E-state index is 13.0. The first-order valence-corrected chi connectivity index (χ1v) is 9.62. The molecule has 1 aliphatic rings. The maximum Gasteiger partial charge on any atom is 0.338 e. The summed E-state index contributed by atoms with van der Waals surface area (Å²) in [6.07, 6.45) is 0.175. The van der Waals surface area contributed by atoms with Gasteiger partial charge in [-0.3, -0.25) is 14.4 Å². The number of ether oxygens (including phenoxy) is 1. The van der Waals surface area contributed by atoms with Gasteiger partial charge in [-0.15, -0.1) is 0 Å². The number of nitrogens with zero attached hydrogens (tertiary/aromatic N) is 3. The highest BCUT2D eigenvalue weighted by Gasteiger charge is 2.38. The molecule has 2 aromatic rings. The number of benzene rings is 2. The Morgan fingerprint density at radius 1 is 1.06 bits per heavy atom. The lowest BCUT2D eigenvalue weighted by Gasteiger charge is -2.17. The molecule has 0 aliphatic carbocycles. The summed E-state index contributed by atoms with van der Waals surface area (Å²) in [6.45, 7) is 3.43. The summed E-state index contributed by atoms with van der Waals surface area (Å²) in [4.78, 5) is 52.5. The second-order valence-electron chi connectivity index (χ2n) is 7.30. The Morgan fingerprint density at radius 2 is 1.77 bits per heavy atom. The number of esters is 1. The molecule has 0 N–H and O–H groups in total. The normalized spacial score (nSPS) is 12.4. The number of hydrogen-bond acceptors (Lipinski definition) is 6. The van der Waals surface area contributed by atoms with Crippen LogP contribution in [0.4, 0.5) is 5.69 Å². The average Bonchev–Trinajstić information content (AvgIpc) is 3.01. The van der Waals surface area contributed by atoms with Crippen molar-refractivity contribution in [2.24, 2.45) is 0 Å². The number of fused-ring (bicyclic) bond motifs is 1. The smallest absolute Gasteiger partial charge is 0.338 e. The molecule has 0 radical (unpaired) electrons. The molecule has 0 spiro atoms. The van der Waals surface area contributed by atoms with Gasteiger partial charge in [-0.2, -0.15) is 5.26 Å². The summed E-state index contributed by atoms with van der Waals surface area (Å²) in [5.41, 5.74) is 2.56. The molecule has 1 heterocycles. The average molecular weight is 419 g/mol. The van der Waals surface area contributed by atoms with Crippen molar-refractivity contribution >= 4 is 29.4 Å². The fraction of sp³-hybridized carbons (Fsp3) is 0.261. The number of nitriles is 1. The van der Waals surface area contributed by atoms with Gasteiger partial charge in [0.2, 0.25) is 0 Å². The van der Waals surface area contributed by atoms with Gasteiger partial charge in [-0.25, -0.2) is 9.69 Å². The standard InChI is InChI=1S/C23H21N3O5/c1-14-5-6-15(2)19(11-14)26-21(28)17-8-7-16(12-18(17)22(26)29)23(30)31-13-20(27)25(3)10-4-9-24/h5-8,11-12H,4,10,13H2,1-3H3. The highest BCUT2D eigenvalue weighted by atomic mass is 16.5. The molecule has 31 heavy (non-hydrogen) atoms. The summed E-state index contributed by atoms with van der Waals surface area (Å²) in [5.74, 6) is -2.20. The van der Waals surface area contributed by atoms with Crippen molar-refractivity contribution in [2.45, 2.75) is 20.3 Å². The Labute approximate surface area is 179 Å². The van der Waals surface area contributed by atoms with E-state index in [0.29, 0.717) is 5.69 Å². The molecule has 0 fully saturated rings. The Kier molecular flexibility index (Phi) is 6.16. The fourth-order valence-corrected chi connectivity index (χ4v) is 3.21. The predicted molar refractivity (Wildman–Crippen MR) is 112 cm³/mol. The van der Waals surface area contributed by atoms with E-state index >= 15 is 0 Å². The lowest BCUT2D eigenvalue weighted by molar-refractivity contribution is -0.133. The molecule has 3 amide bonds. The molecule has 0 aromatic heterocycles.